The van der Waals surface area contributed by atoms with E-state index in [1.54, 1.807) is 6.07 Å². The maximum atomic E-state index is 11.7. The number of carbonyl (C=O) groups is 1. The molecule has 3 rings (SSSR count). The Hall–Kier alpha value is -2.26. The molecule has 0 aromatic heterocycles. The first-order valence-corrected chi connectivity index (χ1v) is 8.16. The van der Waals surface area contributed by atoms with Crippen LogP contribution in [-0.4, -0.2) is 61.2 Å². The number of hydrogen-bond acceptors (Lipinski definition) is 4. The first-order chi connectivity index (χ1) is 11.3. The Morgan fingerprint density at radius 1 is 1.26 bits per heavy atom. The molecule has 1 N–H and O–H groups in total. The molecule has 6 heteroatoms. The van der Waals surface area contributed by atoms with Gasteiger partial charge in [-0.2, -0.15) is 5.26 Å². The van der Waals surface area contributed by atoms with E-state index in [4.69, 9.17) is 10.00 Å². The van der Waals surface area contributed by atoms with Crippen molar-refractivity contribution in [2.24, 2.45) is 0 Å². The molecule has 23 heavy (non-hydrogen) atoms. The van der Waals surface area contributed by atoms with Gasteiger partial charge in [0.15, 0.2) is 0 Å². The molecule has 6 nitrogen and oxygen atoms in total. The number of para-hydroxylation sites is 1. The maximum absolute atomic E-state index is 11.7. The minimum Gasteiger partial charge on any atom is -0.491 e. The Bertz CT molecular complexity index is 591. The van der Waals surface area contributed by atoms with Crippen molar-refractivity contribution in [2.75, 3.05) is 39.3 Å². The molecular formula is C17H22N4O2. The summed E-state index contributed by atoms with van der Waals surface area (Å²) in [5.41, 5.74) is 0.575. The third-order valence-electron chi connectivity index (χ3n) is 4.56. The molecule has 0 atom stereocenters. The highest BCUT2D eigenvalue weighted by Gasteiger charge is 2.30. The van der Waals surface area contributed by atoms with E-state index in [9.17, 15) is 4.79 Å². The second-order valence-corrected chi connectivity index (χ2v) is 5.95. The van der Waals surface area contributed by atoms with Crippen molar-refractivity contribution in [2.45, 2.75) is 18.9 Å². The van der Waals surface area contributed by atoms with Crippen molar-refractivity contribution in [3.8, 4) is 11.8 Å². The van der Waals surface area contributed by atoms with Crippen LogP contribution in [0, 0.1) is 11.3 Å². The van der Waals surface area contributed by atoms with Gasteiger partial charge in [-0.25, -0.2) is 4.79 Å². The lowest BCUT2D eigenvalue weighted by molar-refractivity contribution is 0.123. The van der Waals surface area contributed by atoms with Gasteiger partial charge in [-0.05, 0) is 25.0 Å². The number of nitriles is 1. The molecule has 0 bridgehead atoms. The predicted octanol–water partition coefficient (Wildman–Crippen LogP) is 1.43. The van der Waals surface area contributed by atoms with Crippen LogP contribution in [0.25, 0.3) is 0 Å². The Kier molecular flexibility index (Phi) is 4.99. The molecule has 2 aliphatic rings. The van der Waals surface area contributed by atoms with E-state index in [1.165, 1.54) is 0 Å². The summed E-state index contributed by atoms with van der Waals surface area (Å²) in [5, 5.41) is 11.9. The van der Waals surface area contributed by atoms with Gasteiger partial charge in [0.05, 0.1) is 5.56 Å². The van der Waals surface area contributed by atoms with Gasteiger partial charge < -0.3 is 15.0 Å². The molecule has 0 aliphatic carbocycles. The molecule has 122 valence electrons. The van der Waals surface area contributed by atoms with Crippen molar-refractivity contribution >= 4 is 6.03 Å². The van der Waals surface area contributed by atoms with E-state index in [0.717, 1.165) is 45.6 Å². The standard InChI is InChI=1S/C17H22N4O2/c18-13-14-3-1-2-4-16(14)23-12-11-20-8-5-15(6-9-20)21-10-7-19-17(21)22/h1-4,15H,5-12H2,(H,19,22). The number of hydrogen-bond donors (Lipinski definition) is 1. The van der Waals surface area contributed by atoms with Gasteiger partial charge in [-0.15, -0.1) is 0 Å². The SMILES string of the molecule is N#Cc1ccccc1OCCN1CCC(N2CCNC2=O)CC1. The Morgan fingerprint density at radius 3 is 2.74 bits per heavy atom. The summed E-state index contributed by atoms with van der Waals surface area (Å²) in [4.78, 5) is 16.0. The second kappa shape index (κ2) is 7.34. The summed E-state index contributed by atoms with van der Waals surface area (Å²) in [5.74, 6) is 0.652. The molecule has 1 aromatic rings. The van der Waals surface area contributed by atoms with Crippen LogP contribution in [0.3, 0.4) is 0 Å². The lowest BCUT2D eigenvalue weighted by Gasteiger charge is -2.36. The lowest BCUT2D eigenvalue weighted by Crippen LogP contribution is -2.46. The molecule has 0 radical (unpaired) electrons. The first-order valence-electron chi connectivity index (χ1n) is 8.16. The molecule has 2 aliphatic heterocycles. The molecule has 1 aromatic carbocycles. The monoisotopic (exact) mass is 314 g/mol. The average Bonchev–Trinajstić information content (AvgIpc) is 3.02. The van der Waals surface area contributed by atoms with Crippen LogP contribution >= 0.6 is 0 Å². The lowest BCUT2D eigenvalue weighted by atomic mass is 10.0. The Morgan fingerprint density at radius 2 is 2.04 bits per heavy atom. The van der Waals surface area contributed by atoms with Gasteiger partial charge >= 0.3 is 6.03 Å². The molecule has 0 unspecified atom stereocenters. The molecular weight excluding hydrogens is 292 g/mol. The highest BCUT2D eigenvalue weighted by molar-refractivity contribution is 5.76. The number of rotatable bonds is 5. The first kappa shape index (κ1) is 15.6. The number of nitrogens with one attached hydrogen (secondary N) is 1. The summed E-state index contributed by atoms with van der Waals surface area (Å²) in [7, 11) is 0. The van der Waals surface area contributed by atoms with Crippen LogP contribution in [0.1, 0.15) is 18.4 Å². The molecule has 2 amide bonds. The van der Waals surface area contributed by atoms with Crippen LogP contribution in [-0.2, 0) is 0 Å². The van der Waals surface area contributed by atoms with E-state index < -0.39 is 0 Å². The maximum Gasteiger partial charge on any atom is 0.317 e. The topological polar surface area (TPSA) is 68.6 Å². The number of likely N-dealkylation sites (tertiary alicyclic amines) is 1. The fraction of sp³-hybridized carbons (Fsp3) is 0.529. The molecule has 0 spiro atoms. The summed E-state index contributed by atoms with van der Waals surface area (Å²) in [6.45, 7) is 4.99. The molecule has 2 fully saturated rings. The Balaban J connectivity index is 1.41. The fourth-order valence-electron chi connectivity index (χ4n) is 3.26. The van der Waals surface area contributed by atoms with Crippen LogP contribution < -0.4 is 10.1 Å². The molecule has 2 heterocycles. The highest BCUT2D eigenvalue weighted by atomic mass is 16.5. The van der Waals surface area contributed by atoms with Gasteiger partial charge in [0.2, 0.25) is 0 Å². The summed E-state index contributed by atoms with van der Waals surface area (Å²) < 4.78 is 5.74. The summed E-state index contributed by atoms with van der Waals surface area (Å²) >= 11 is 0. The fourth-order valence-corrected chi connectivity index (χ4v) is 3.26. The van der Waals surface area contributed by atoms with Crippen molar-refractivity contribution in [3.63, 3.8) is 0 Å². The van der Waals surface area contributed by atoms with Crippen molar-refractivity contribution in [3.05, 3.63) is 29.8 Å². The van der Waals surface area contributed by atoms with Crippen LogP contribution in [0.4, 0.5) is 4.79 Å². The number of benzene rings is 1. The Labute approximate surface area is 136 Å². The van der Waals surface area contributed by atoms with Crippen molar-refractivity contribution < 1.29 is 9.53 Å². The third-order valence-corrected chi connectivity index (χ3v) is 4.56. The third kappa shape index (κ3) is 3.74. The van der Waals surface area contributed by atoms with E-state index in [2.05, 4.69) is 16.3 Å². The van der Waals surface area contributed by atoms with Gasteiger partial charge in [-0.3, -0.25) is 4.90 Å². The molecule has 2 saturated heterocycles. The average molecular weight is 314 g/mol. The highest BCUT2D eigenvalue weighted by Crippen LogP contribution is 2.19. The van der Waals surface area contributed by atoms with Gasteiger partial charge in [0, 0.05) is 38.8 Å². The zero-order valence-electron chi connectivity index (χ0n) is 13.2. The second-order valence-electron chi connectivity index (χ2n) is 5.95. The minimum absolute atomic E-state index is 0.0832. The molecule has 0 saturated carbocycles. The quantitative estimate of drug-likeness (QED) is 0.892. The zero-order valence-corrected chi connectivity index (χ0v) is 13.2. The van der Waals surface area contributed by atoms with Gasteiger partial charge in [0.25, 0.3) is 0 Å². The smallest absolute Gasteiger partial charge is 0.317 e. The van der Waals surface area contributed by atoms with Gasteiger partial charge in [-0.1, -0.05) is 12.1 Å². The van der Waals surface area contributed by atoms with Gasteiger partial charge in [0.1, 0.15) is 18.4 Å². The van der Waals surface area contributed by atoms with E-state index in [1.807, 2.05) is 23.1 Å². The number of piperidine rings is 1. The summed E-state index contributed by atoms with van der Waals surface area (Å²) in [6.07, 6.45) is 2.03. The van der Waals surface area contributed by atoms with Crippen molar-refractivity contribution in [1.82, 2.24) is 15.1 Å². The number of ether oxygens (including phenoxy) is 1. The van der Waals surface area contributed by atoms with E-state index in [-0.39, 0.29) is 6.03 Å². The van der Waals surface area contributed by atoms with Crippen LogP contribution in [0.2, 0.25) is 0 Å². The van der Waals surface area contributed by atoms with Crippen molar-refractivity contribution in [1.29, 1.82) is 5.26 Å². The van der Waals surface area contributed by atoms with Crippen LogP contribution in [0.5, 0.6) is 5.75 Å². The van der Waals surface area contributed by atoms with Crippen LogP contribution in [0.15, 0.2) is 24.3 Å². The number of amides is 2. The number of carbonyl (C=O) groups excluding carboxylic acids is 1. The number of nitrogens with zero attached hydrogens (tertiary/aromatic N) is 3. The predicted molar refractivity (Wildman–Crippen MR) is 86.2 cm³/mol. The van der Waals surface area contributed by atoms with E-state index in [0.29, 0.717) is 24.0 Å². The normalized spacial score (nSPS) is 19.4. The number of urea groups is 1. The zero-order chi connectivity index (χ0) is 16.1. The largest absolute Gasteiger partial charge is 0.491 e. The van der Waals surface area contributed by atoms with E-state index >= 15 is 0 Å². The minimum atomic E-state index is 0.0832. The summed E-state index contributed by atoms with van der Waals surface area (Å²) in [6, 6.07) is 9.91.